The van der Waals surface area contributed by atoms with Crippen LogP contribution in [0.2, 0.25) is 5.02 Å². The van der Waals surface area contributed by atoms with Crippen LogP contribution in [0.15, 0.2) is 24.3 Å². The normalized spacial score (nSPS) is 10.9. The Balaban J connectivity index is 0.00000176. The fourth-order valence-electron chi connectivity index (χ4n) is 3.57. The number of hydrogen-bond acceptors (Lipinski definition) is 8. The fourth-order valence-corrected chi connectivity index (χ4v) is 3.84. The third-order valence-corrected chi connectivity index (χ3v) is 5.28. The average molecular weight is 521 g/mol. The predicted octanol–water partition coefficient (Wildman–Crippen LogP) is 5.71. The van der Waals surface area contributed by atoms with Gasteiger partial charge in [-0.05, 0) is 37.4 Å². The number of ether oxygens (including phenoxy) is 2. The number of pyridine rings is 1. The molecule has 0 aliphatic carbocycles. The van der Waals surface area contributed by atoms with Crippen molar-refractivity contribution in [3.8, 4) is 28.9 Å². The van der Waals surface area contributed by atoms with Crippen molar-refractivity contribution in [1.82, 2.24) is 15.0 Å². The van der Waals surface area contributed by atoms with Crippen LogP contribution < -0.4 is 14.8 Å². The molecule has 36 heavy (non-hydrogen) atoms. The molecule has 0 saturated carbocycles. The average Bonchev–Trinajstić information content (AvgIpc) is 2.86. The van der Waals surface area contributed by atoms with Gasteiger partial charge in [0.25, 0.3) is 0 Å². The molecule has 8 nitrogen and oxygen atoms in total. The number of aromatic nitrogens is 3. The lowest BCUT2D eigenvalue weighted by atomic mass is 9.99. The first kappa shape index (κ1) is 27.1. The maximum absolute atomic E-state index is 16.0. The number of nitrogens with zero attached hydrogens (tertiary/aromatic N) is 3. The molecule has 2 aromatic heterocycles. The zero-order valence-electron chi connectivity index (χ0n) is 20.5. The molecule has 0 aliphatic rings. The number of benzene rings is 2. The van der Waals surface area contributed by atoms with Gasteiger partial charge in [-0.1, -0.05) is 31.5 Å². The van der Waals surface area contributed by atoms with E-state index in [1.165, 1.54) is 25.3 Å². The van der Waals surface area contributed by atoms with E-state index in [-0.39, 0.29) is 75.3 Å². The number of aliphatic hydroxyl groups excluding tert-OH is 1. The highest BCUT2D eigenvalue weighted by Crippen LogP contribution is 2.42. The van der Waals surface area contributed by atoms with Gasteiger partial charge >= 0.3 is 6.01 Å². The first-order chi connectivity index (χ1) is 17.2. The zero-order chi connectivity index (χ0) is 26.6. The van der Waals surface area contributed by atoms with Crippen molar-refractivity contribution in [3.63, 3.8) is 0 Å². The summed E-state index contributed by atoms with van der Waals surface area (Å²) in [5, 5.41) is 22.8. The Morgan fingerprint density at radius 1 is 1.08 bits per heavy atom. The van der Waals surface area contributed by atoms with Gasteiger partial charge in [-0.2, -0.15) is 9.97 Å². The van der Waals surface area contributed by atoms with Crippen LogP contribution in [0.4, 0.5) is 14.6 Å². The minimum atomic E-state index is -0.883. The highest BCUT2D eigenvalue weighted by molar-refractivity contribution is 6.37. The van der Waals surface area contributed by atoms with Crippen molar-refractivity contribution in [3.05, 3.63) is 40.9 Å². The third-order valence-electron chi connectivity index (χ3n) is 4.91. The van der Waals surface area contributed by atoms with Crippen LogP contribution >= 0.6 is 11.6 Å². The molecule has 4 aromatic rings. The second kappa shape index (κ2) is 11.5. The van der Waals surface area contributed by atoms with Crippen LogP contribution in [-0.2, 0) is 0 Å². The summed E-state index contributed by atoms with van der Waals surface area (Å²) in [7, 11) is 1.33. The standard InChI is InChI=1S/C23H21ClF2N4O4.C2H6/c1-10(2)34-22-16-20(29-23(33-3)30-21(16)27-6-7-31)18(26)19(28-22)13-9-12(32)8-11-4-5-14(25)17(24)15(11)13;1-2/h4-5,8-10,31-32H,6-7H2,1-3H3,(H,27,29,30);1-2H3. The number of aromatic hydroxyl groups is 1. The van der Waals surface area contributed by atoms with E-state index >= 15 is 4.39 Å². The van der Waals surface area contributed by atoms with Crippen LogP contribution in [0.5, 0.6) is 17.6 Å². The van der Waals surface area contributed by atoms with Crippen molar-refractivity contribution >= 4 is 39.1 Å². The zero-order valence-corrected chi connectivity index (χ0v) is 21.2. The predicted molar refractivity (Wildman–Crippen MR) is 136 cm³/mol. The van der Waals surface area contributed by atoms with Gasteiger partial charge in [-0.15, -0.1) is 0 Å². The van der Waals surface area contributed by atoms with E-state index < -0.39 is 11.6 Å². The number of aliphatic hydroxyl groups is 1. The number of anilines is 1. The number of nitrogens with one attached hydrogen (secondary N) is 1. The lowest BCUT2D eigenvalue weighted by Gasteiger charge is -2.18. The van der Waals surface area contributed by atoms with Crippen molar-refractivity contribution in [2.75, 3.05) is 25.6 Å². The molecule has 0 radical (unpaired) electrons. The number of fused-ring (bicyclic) bond motifs is 2. The van der Waals surface area contributed by atoms with Crippen LogP contribution in [-0.4, -0.2) is 51.5 Å². The van der Waals surface area contributed by atoms with E-state index in [1.54, 1.807) is 13.8 Å². The smallest absolute Gasteiger partial charge is 0.318 e. The van der Waals surface area contributed by atoms with E-state index in [9.17, 15) is 14.6 Å². The molecule has 0 bridgehead atoms. The molecule has 0 amide bonds. The van der Waals surface area contributed by atoms with Crippen LogP contribution in [0, 0.1) is 11.6 Å². The topological polar surface area (TPSA) is 110 Å². The van der Waals surface area contributed by atoms with Gasteiger partial charge < -0.3 is 25.0 Å². The van der Waals surface area contributed by atoms with Crippen LogP contribution in [0.25, 0.3) is 32.9 Å². The maximum Gasteiger partial charge on any atom is 0.318 e. The minimum Gasteiger partial charge on any atom is -0.508 e. The van der Waals surface area contributed by atoms with Crippen molar-refractivity contribution in [2.45, 2.75) is 33.8 Å². The third kappa shape index (κ3) is 5.19. The van der Waals surface area contributed by atoms with E-state index in [2.05, 4.69) is 20.3 Å². The molecule has 0 unspecified atom stereocenters. The first-order valence-corrected chi connectivity index (χ1v) is 11.7. The summed E-state index contributed by atoms with van der Waals surface area (Å²) in [6.45, 7) is 7.43. The van der Waals surface area contributed by atoms with Gasteiger partial charge in [-0.3, -0.25) is 0 Å². The highest BCUT2D eigenvalue weighted by atomic mass is 35.5. The quantitative estimate of drug-likeness (QED) is 0.284. The molecule has 0 fully saturated rings. The van der Waals surface area contributed by atoms with E-state index in [1.807, 2.05) is 13.8 Å². The molecular weight excluding hydrogens is 494 g/mol. The Hall–Kier alpha value is -3.50. The summed E-state index contributed by atoms with van der Waals surface area (Å²) in [5.74, 6) is -1.64. The summed E-state index contributed by atoms with van der Waals surface area (Å²) < 4.78 is 41.3. The maximum atomic E-state index is 16.0. The van der Waals surface area contributed by atoms with E-state index in [4.69, 9.17) is 21.1 Å². The number of rotatable bonds is 7. The number of phenolic OH excluding ortho intramolecular Hbond substituents is 1. The summed E-state index contributed by atoms with van der Waals surface area (Å²) in [4.78, 5) is 12.7. The van der Waals surface area contributed by atoms with Gasteiger partial charge in [0.05, 0.1) is 24.8 Å². The fraction of sp³-hybridized carbons (Fsp3) is 0.320. The second-order valence-electron chi connectivity index (χ2n) is 7.63. The van der Waals surface area contributed by atoms with Gasteiger partial charge in [-0.25, -0.2) is 13.8 Å². The Bertz CT molecular complexity index is 1400. The Morgan fingerprint density at radius 3 is 2.44 bits per heavy atom. The molecule has 192 valence electrons. The summed E-state index contributed by atoms with van der Waals surface area (Å²) in [5.41, 5.74) is -0.391. The number of halogens is 3. The molecule has 3 N–H and O–H groups in total. The number of methoxy groups -OCH3 is 1. The Kier molecular flexibility index (Phi) is 8.65. The molecule has 0 aliphatic heterocycles. The molecule has 2 heterocycles. The van der Waals surface area contributed by atoms with Gasteiger partial charge in [0.15, 0.2) is 5.82 Å². The summed E-state index contributed by atoms with van der Waals surface area (Å²) >= 11 is 6.24. The summed E-state index contributed by atoms with van der Waals surface area (Å²) in [6.07, 6.45) is -0.358. The van der Waals surface area contributed by atoms with Crippen LogP contribution in [0.3, 0.4) is 0 Å². The number of hydrogen-bond donors (Lipinski definition) is 3. The molecule has 0 spiro atoms. The molecule has 4 rings (SSSR count). The van der Waals surface area contributed by atoms with E-state index in [0.717, 1.165) is 6.07 Å². The number of phenols is 1. The molecular formula is C25H27ClF2N4O4. The molecule has 0 atom stereocenters. The summed E-state index contributed by atoms with van der Waals surface area (Å²) in [6, 6.07) is 5.07. The molecule has 0 saturated heterocycles. The van der Waals surface area contributed by atoms with Gasteiger partial charge in [0.2, 0.25) is 5.88 Å². The molecule has 11 heteroatoms. The van der Waals surface area contributed by atoms with Crippen molar-refractivity contribution in [1.29, 1.82) is 0 Å². The second-order valence-corrected chi connectivity index (χ2v) is 8.01. The Morgan fingerprint density at radius 2 is 1.81 bits per heavy atom. The van der Waals surface area contributed by atoms with Gasteiger partial charge in [0.1, 0.15) is 34.0 Å². The Labute approximate surface area is 211 Å². The van der Waals surface area contributed by atoms with Gasteiger partial charge in [0, 0.05) is 17.5 Å². The lowest BCUT2D eigenvalue weighted by Crippen LogP contribution is -2.13. The van der Waals surface area contributed by atoms with Crippen molar-refractivity contribution in [2.24, 2.45) is 0 Å². The minimum absolute atomic E-state index is 0.00601. The molecule has 2 aromatic carbocycles. The first-order valence-electron chi connectivity index (χ1n) is 11.3. The highest BCUT2D eigenvalue weighted by Gasteiger charge is 2.25. The van der Waals surface area contributed by atoms with Crippen molar-refractivity contribution < 1.29 is 28.5 Å². The monoisotopic (exact) mass is 520 g/mol. The lowest BCUT2D eigenvalue weighted by molar-refractivity contribution is 0.236. The largest absolute Gasteiger partial charge is 0.508 e. The van der Waals surface area contributed by atoms with E-state index in [0.29, 0.717) is 5.39 Å². The van der Waals surface area contributed by atoms with Crippen LogP contribution in [0.1, 0.15) is 27.7 Å². The SMILES string of the molecule is CC.COc1nc(NCCO)c2c(OC(C)C)nc(-c3cc(O)cc4ccc(F)c(Cl)c34)c(F)c2n1.